The summed E-state index contributed by atoms with van der Waals surface area (Å²) < 4.78 is 69.0. The zero-order valence-electron chi connectivity index (χ0n) is 16.2. The van der Waals surface area contributed by atoms with Crippen LogP contribution in [0.1, 0.15) is 15.9 Å². The van der Waals surface area contributed by atoms with E-state index in [1.54, 1.807) is 0 Å². The molecule has 1 amide bonds. The van der Waals surface area contributed by atoms with Gasteiger partial charge in [-0.3, -0.25) is 9.52 Å². The summed E-state index contributed by atoms with van der Waals surface area (Å²) >= 11 is 6.06. The number of amides is 1. The summed E-state index contributed by atoms with van der Waals surface area (Å²) in [6, 6.07) is 14.0. The van der Waals surface area contributed by atoms with E-state index in [1.807, 2.05) is 0 Å². The number of hydrogen-bond acceptors (Lipinski definition) is 4. The first-order chi connectivity index (χ1) is 15.1. The first kappa shape index (κ1) is 23.4. The van der Waals surface area contributed by atoms with Crippen LogP contribution in [0.4, 0.5) is 18.9 Å². The second-order valence-corrected chi connectivity index (χ2v) is 8.55. The van der Waals surface area contributed by atoms with Crippen LogP contribution in [0.15, 0.2) is 71.6 Å². The zero-order chi connectivity index (χ0) is 23.3. The van der Waals surface area contributed by atoms with Crippen molar-refractivity contribution in [2.45, 2.75) is 18.1 Å². The molecule has 3 aromatic rings. The van der Waals surface area contributed by atoms with Gasteiger partial charge in [0.2, 0.25) is 0 Å². The highest BCUT2D eigenvalue weighted by atomic mass is 35.5. The summed E-state index contributed by atoms with van der Waals surface area (Å²) in [4.78, 5) is 12.3. The molecular formula is C21H16ClF3N2O4S. The van der Waals surface area contributed by atoms with Crippen molar-refractivity contribution in [3.63, 3.8) is 0 Å². The average Bonchev–Trinajstić information content (AvgIpc) is 2.74. The number of rotatable bonds is 8. The lowest BCUT2D eigenvalue weighted by atomic mass is 10.1. The van der Waals surface area contributed by atoms with Gasteiger partial charge in [0.05, 0.1) is 15.6 Å². The van der Waals surface area contributed by atoms with Gasteiger partial charge in [-0.15, -0.1) is 0 Å². The van der Waals surface area contributed by atoms with Crippen LogP contribution in [0, 0.1) is 5.82 Å². The number of alkyl halides is 2. The van der Waals surface area contributed by atoms with Gasteiger partial charge in [-0.1, -0.05) is 23.7 Å². The molecule has 3 aromatic carbocycles. The van der Waals surface area contributed by atoms with Crippen molar-refractivity contribution < 1.29 is 31.1 Å². The third-order valence-corrected chi connectivity index (χ3v) is 5.91. The molecule has 0 unspecified atom stereocenters. The fourth-order valence-corrected chi connectivity index (χ4v) is 3.93. The lowest BCUT2D eigenvalue weighted by Crippen LogP contribution is -2.23. The van der Waals surface area contributed by atoms with E-state index in [-0.39, 0.29) is 33.5 Å². The van der Waals surface area contributed by atoms with Crippen molar-refractivity contribution in [3.05, 3.63) is 88.7 Å². The molecule has 3 rings (SSSR count). The minimum absolute atomic E-state index is 0.00847. The molecule has 0 fully saturated rings. The predicted octanol–water partition coefficient (Wildman–Crippen LogP) is 4.81. The molecule has 0 atom stereocenters. The van der Waals surface area contributed by atoms with E-state index in [9.17, 15) is 26.4 Å². The highest BCUT2D eigenvalue weighted by Gasteiger charge is 2.17. The SMILES string of the molecule is O=C(NCc1ccc(OC(F)F)cc1)c1ccc(Cl)c(NS(=O)(=O)c2ccc(F)cc2)c1. The molecule has 0 saturated carbocycles. The van der Waals surface area contributed by atoms with Crippen LogP contribution >= 0.6 is 11.6 Å². The normalized spacial score (nSPS) is 11.3. The molecule has 6 nitrogen and oxygen atoms in total. The van der Waals surface area contributed by atoms with Gasteiger partial charge >= 0.3 is 6.61 Å². The van der Waals surface area contributed by atoms with Crippen LogP contribution in [0.3, 0.4) is 0 Å². The molecule has 32 heavy (non-hydrogen) atoms. The molecule has 0 aliphatic heterocycles. The molecule has 0 spiro atoms. The molecule has 0 radical (unpaired) electrons. The van der Waals surface area contributed by atoms with Gasteiger partial charge < -0.3 is 10.1 Å². The maximum absolute atomic E-state index is 13.1. The standard InChI is InChI=1S/C21H16ClF3N2O4S/c22-18-10-3-14(11-19(18)27-32(29,30)17-8-4-15(23)5-9-17)20(28)26-12-13-1-6-16(7-2-13)31-21(24)25/h1-11,21,27H,12H2,(H,26,28). The largest absolute Gasteiger partial charge is 0.435 e. The number of benzene rings is 3. The van der Waals surface area contributed by atoms with Crippen molar-refractivity contribution in [1.29, 1.82) is 0 Å². The number of hydrogen-bond donors (Lipinski definition) is 2. The molecule has 0 bridgehead atoms. The van der Waals surface area contributed by atoms with E-state index in [2.05, 4.69) is 14.8 Å². The van der Waals surface area contributed by atoms with E-state index in [1.165, 1.54) is 42.5 Å². The Hall–Kier alpha value is -3.24. The topological polar surface area (TPSA) is 84.5 Å². The Labute approximate surface area is 187 Å². The Morgan fingerprint density at radius 1 is 1.00 bits per heavy atom. The molecule has 0 aromatic heterocycles. The molecule has 0 aliphatic carbocycles. The number of carbonyl (C=O) groups excluding carboxylic acids is 1. The van der Waals surface area contributed by atoms with E-state index >= 15 is 0 Å². The smallest absolute Gasteiger partial charge is 0.387 e. The van der Waals surface area contributed by atoms with Gasteiger partial charge in [0.15, 0.2) is 0 Å². The minimum Gasteiger partial charge on any atom is -0.435 e. The van der Waals surface area contributed by atoms with Gasteiger partial charge in [-0.2, -0.15) is 8.78 Å². The highest BCUT2D eigenvalue weighted by Crippen LogP contribution is 2.26. The van der Waals surface area contributed by atoms with E-state index in [0.717, 1.165) is 24.3 Å². The van der Waals surface area contributed by atoms with Crippen molar-refractivity contribution in [3.8, 4) is 5.75 Å². The lowest BCUT2D eigenvalue weighted by Gasteiger charge is -2.12. The third kappa shape index (κ3) is 6.14. The molecular weight excluding hydrogens is 469 g/mol. The van der Waals surface area contributed by atoms with E-state index in [0.29, 0.717) is 5.56 Å². The van der Waals surface area contributed by atoms with Gasteiger partial charge in [0.25, 0.3) is 15.9 Å². The van der Waals surface area contributed by atoms with Crippen LogP contribution in [-0.4, -0.2) is 20.9 Å². The van der Waals surface area contributed by atoms with Crippen LogP contribution in [0.5, 0.6) is 5.75 Å². The fraction of sp³-hybridized carbons (Fsp3) is 0.0952. The summed E-state index contributed by atoms with van der Waals surface area (Å²) in [6.07, 6.45) is 0. The second-order valence-electron chi connectivity index (χ2n) is 6.46. The van der Waals surface area contributed by atoms with Crippen LogP contribution in [0.2, 0.25) is 5.02 Å². The zero-order valence-corrected chi connectivity index (χ0v) is 17.8. The molecule has 11 heteroatoms. The third-order valence-electron chi connectivity index (χ3n) is 4.20. The number of carbonyl (C=O) groups is 1. The summed E-state index contributed by atoms with van der Waals surface area (Å²) in [5, 5.41) is 2.69. The quantitative estimate of drug-likeness (QED) is 0.480. The fourth-order valence-electron chi connectivity index (χ4n) is 2.64. The predicted molar refractivity (Wildman–Crippen MR) is 113 cm³/mol. The first-order valence-electron chi connectivity index (χ1n) is 9.04. The van der Waals surface area contributed by atoms with E-state index < -0.39 is 28.4 Å². The van der Waals surface area contributed by atoms with Crippen molar-refractivity contribution in [2.75, 3.05) is 4.72 Å². The van der Waals surface area contributed by atoms with Gasteiger partial charge in [0.1, 0.15) is 11.6 Å². The van der Waals surface area contributed by atoms with Crippen molar-refractivity contribution in [1.82, 2.24) is 5.32 Å². The highest BCUT2D eigenvalue weighted by molar-refractivity contribution is 7.92. The van der Waals surface area contributed by atoms with Crippen LogP contribution in [-0.2, 0) is 16.6 Å². The van der Waals surface area contributed by atoms with Crippen molar-refractivity contribution >= 4 is 33.2 Å². The number of sulfonamides is 1. The lowest BCUT2D eigenvalue weighted by molar-refractivity contribution is -0.0498. The van der Waals surface area contributed by atoms with Gasteiger partial charge in [-0.25, -0.2) is 12.8 Å². The van der Waals surface area contributed by atoms with Gasteiger partial charge in [0, 0.05) is 12.1 Å². The molecule has 0 saturated heterocycles. The Kier molecular flexibility index (Phi) is 7.26. The monoisotopic (exact) mass is 484 g/mol. The maximum Gasteiger partial charge on any atom is 0.387 e. The Morgan fingerprint density at radius 2 is 1.66 bits per heavy atom. The Morgan fingerprint density at radius 3 is 2.28 bits per heavy atom. The second kappa shape index (κ2) is 9.92. The summed E-state index contributed by atoms with van der Waals surface area (Å²) in [5.74, 6) is -1.11. The summed E-state index contributed by atoms with van der Waals surface area (Å²) in [7, 11) is -4.06. The Balaban J connectivity index is 1.69. The first-order valence-corrected chi connectivity index (χ1v) is 10.9. The van der Waals surface area contributed by atoms with Crippen LogP contribution in [0.25, 0.3) is 0 Å². The van der Waals surface area contributed by atoms with Gasteiger partial charge in [-0.05, 0) is 60.2 Å². The molecule has 168 valence electrons. The number of ether oxygens (including phenoxy) is 1. The Bertz CT molecular complexity index is 1200. The van der Waals surface area contributed by atoms with Crippen LogP contribution < -0.4 is 14.8 Å². The maximum atomic E-state index is 13.1. The number of halogens is 4. The summed E-state index contributed by atoms with van der Waals surface area (Å²) in [6.45, 7) is -2.84. The van der Waals surface area contributed by atoms with Crippen molar-refractivity contribution in [2.24, 2.45) is 0 Å². The number of nitrogens with one attached hydrogen (secondary N) is 2. The molecule has 0 aliphatic rings. The average molecular weight is 485 g/mol. The molecule has 2 N–H and O–H groups in total. The summed E-state index contributed by atoms with van der Waals surface area (Å²) in [5.41, 5.74) is 0.729. The van der Waals surface area contributed by atoms with E-state index in [4.69, 9.17) is 11.6 Å². The number of anilines is 1. The minimum atomic E-state index is -4.06. The molecule has 0 heterocycles.